The van der Waals surface area contributed by atoms with Crippen LogP contribution in [0.2, 0.25) is 0 Å². The van der Waals surface area contributed by atoms with Gasteiger partial charge in [0.05, 0.1) is 25.9 Å². The van der Waals surface area contributed by atoms with Crippen LogP contribution < -0.4 is 5.32 Å². The molecule has 1 atom stereocenters. The molecular weight excluding hydrogens is 310 g/mol. The summed E-state index contributed by atoms with van der Waals surface area (Å²) in [6.45, 7) is 2.67. The van der Waals surface area contributed by atoms with Crippen molar-refractivity contribution in [3.63, 3.8) is 0 Å². The van der Waals surface area contributed by atoms with Crippen molar-refractivity contribution in [2.24, 2.45) is 11.8 Å². The molecule has 2 aliphatic heterocycles. The SMILES string of the molecule is O=C(NC[C@H]1CCC2(CN(C(=O)C3CCC3)C2)OC1)c1ccno1. The van der Waals surface area contributed by atoms with E-state index in [1.54, 1.807) is 6.07 Å². The van der Waals surface area contributed by atoms with Gasteiger partial charge in [-0.2, -0.15) is 0 Å². The van der Waals surface area contributed by atoms with E-state index in [-0.39, 0.29) is 23.2 Å². The van der Waals surface area contributed by atoms with Crippen LogP contribution in [0.15, 0.2) is 16.8 Å². The largest absolute Gasteiger partial charge is 0.371 e. The Bertz CT molecular complexity index is 595. The van der Waals surface area contributed by atoms with Crippen molar-refractivity contribution in [3.05, 3.63) is 18.0 Å². The molecule has 0 unspecified atom stereocenters. The van der Waals surface area contributed by atoms with Crippen LogP contribution in [0.1, 0.15) is 42.7 Å². The number of hydrogen-bond donors (Lipinski definition) is 1. The Hall–Kier alpha value is -1.89. The molecule has 1 spiro atoms. The molecule has 1 aliphatic carbocycles. The van der Waals surface area contributed by atoms with Crippen LogP contribution in [-0.4, -0.2) is 53.7 Å². The first-order chi connectivity index (χ1) is 11.7. The predicted octanol–water partition coefficient (Wildman–Crippen LogP) is 1.21. The zero-order valence-electron chi connectivity index (χ0n) is 13.7. The van der Waals surface area contributed by atoms with Gasteiger partial charge in [-0.05, 0) is 31.6 Å². The Morgan fingerprint density at radius 1 is 1.33 bits per heavy atom. The van der Waals surface area contributed by atoms with E-state index in [1.807, 2.05) is 4.90 Å². The molecule has 2 amide bonds. The fraction of sp³-hybridized carbons (Fsp3) is 0.706. The second kappa shape index (κ2) is 6.20. The Morgan fingerprint density at radius 3 is 2.75 bits per heavy atom. The second-order valence-corrected chi connectivity index (χ2v) is 7.31. The van der Waals surface area contributed by atoms with Gasteiger partial charge in [0, 0.05) is 18.5 Å². The monoisotopic (exact) mass is 333 g/mol. The van der Waals surface area contributed by atoms with Crippen LogP contribution in [0, 0.1) is 11.8 Å². The average Bonchev–Trinajstić information content (AvgIpc) is 3.03. The molecule has 3 heterocycles. The van der Waals surface area contributed by atoms with Crippen molar-refractivity contribution in [1.29, 1.82) is 0 Å². The van der Waals surface area contributed by atoms with Crippen molar-refractivity contribution in [2.75, 3.05) is 26.2 Å². The number of hydrogen-bond acceptors (Lipinski definition) is 5. The van der Waals surface area contributed by atoms with Crippen molar-refractivity contribution >= 4 is 11.8 Å². The molecule has 7 nitrogen and oxygen atoms in total. The first-order valence-electron chi connectivity index (χ1n) is 8.77. The van der Waals surface area contributed by atoms with Crippen LogP contribution in [0.5, 0.6) is 0 Å². The molecule has 0 bridgehead atoms. The van der Waals surface area contributed by atoms with E-state index < -0.39 is 0 Å². The number of carbonyl (C=O) groups is 2. The minimum absolute atomic E-state index is 0.134. The molecule has 1 aromatic rings. The highest BCUT2D eigenvalue weighted by atomic mass is 16.5. The summed E-state index contributed by atoms with van der Waals surface area (Å²) < 4.78 is 10.9. The molecule has 24 heavy (non-hydrogen) atoms. The van der Waals surface area contributed by atoms with Gasteiger partial charge in [-0.3, -0.25) is 9.59 Å². The molecule has 2 saturated heterocycles. The summed E-state index contributed by atoms with van der Waals surface area (Å²) in [6, 6.07) is 1.55. The lowest BCUT2D eigenvalue weighted by molar-refractivity contribution is -0.192. The molecule has 130 valence electrons. The summed E-state index contributed by atoms with van der Waals surface area (Å²) in [4.78, 5) is 26.0. The van der Waals surface area contributed by atoms with Gasteiger partial charge in [0.2, 0.25) is 11.7 Å². The summed E-state index contributed by atoms with van der Waals surface area (Å²) >= 11 is 0. The Labute approximate surface area is 140 Å². The number of nitrogens with zero attached hydrogens (tertiary/aromatic N) is 2. The van der Waals surface area contributed by atoms with Crippen LogP contribution in [0.4, 0.5) is 0 Å². The lowest BCUT2D eigenvalue weighted by Gasteiger charge is -2.54. The topological polar surface area (TPSA) is 84.7 Å². The second-order valence-electron chi connectivity index (χ2n) is 7.31. The van der Waals surface area contributed by atoms with Crippen LogP contribution in [-0.2, 0) is 9.53 Å². The maximum atomic E-state index is 12.2. The first-order valence-corrected chi connectivity index (χ1v) is 8.77. The Morgan fingerprint density at radius 2 is 2.17 bits per heavy atom. The van der Waals surface area contributed by atoms with Crippen LogP contribution in [0.25, 0.3) is 0 Å². The quantitative estimate of drug-likeness (QED) is 0.895. The summed E-state index contributed by atoms with van der Waals surface area (Å²) in [6.07, 6.45) is 6.70. The van der Waals surface area contributed by atoms with E-state index in [2.05, 4.69) is 10.5 Å². The maximum absolute atomic E-state index is 12.2. The first kappa shape index (κ1) is 15.6. The maximum Gasteiger partial charge on any atom is 0.289 e. The van der Waals surface area contributed by atoms with Gasteiger partial charge in [0.1, 0.15) is 5.60 Å². The van der Waals surface area contributed by atoms with Gasteiger partial charge in [0.25, 0.3) is 5.91 Å². The highest BCUT2D eigenvalue weighted by Gasteiger charge is 2.49. The summed E-state index contributed by atoms with van der Waals surface area (Å²) in [7, 11) is 0. The Kier molecular flexibility index (Phi) is 4.04. The van der Waals surface area contributed by atoms with E-state index >= 15 is 0 Å². The molecule has 1 saturated carbocycles. The minimum atomic E-state index is -0.242. The Balaban J connectivity index is 1.19. The van der Waals surface area contributed by atoms with Gasteiger partial charge in [0.15, 0.2) is 0 Å². The molecule has 1 N–H and O–H groups in total. The molecule has 3 fully saturated rings. The third-order valence-corrected chi connectivity index (χ3v) is 5.57. The van der Waals surface area contributed by atoms with Gasteiger partial charge < -0.3 is 19.5 Å². The number of aromatic nitrogens is 1. The van der Waals surface area contributed by atoms with E-state index in [9.17, 15) is 9.59 Å². The minimum Gasteiger partial charge on any atom is -0.371 e. The molecule has 0 radical (unpaired) electrons. The lowest BCUT2D eigenvalue weighted by atomic mass is 9.79. The van der Waals surface area contributed by atoms with Gasteiger partial charge in [-0.25, -0.2) is 0 Å². The molecule has 0 aromatic carbocycles. The van der Waals surface area contributed by atoms with Gasteiger partial charge >= 0.3 is 0 Å². The van der Waals surface area contributed by atoms with E-state index in [1.165, 1.54) is 12.6 Å². The van der Waals surface area contributed by atoms with Crippen molar-refractivity contribution < 1.29 is 18.8 Å². The molecular formula is C17H23N3O4. The average molecular weight is 333 g/mol. The lowest BCUT2D eigenvalue weighted by Crippen LogP contribution is -2.67. The molecule has 3 aliphatic rings. The number of amides is 2. The summed E-state index contributed by atoms with van der Waals surface area (Å²) in [5.41, 5.74) is -0.134. The smallest absolute Gasteiger partial charge is 0.289 e. The third kappa shape index (κ3) is 2.92. The van der Waals surface area contributed by atoms with Crippen molar-refractivity contribution in [1.82, 2.24) is 15.4 Å². The third-order valence-electron chi connectivity index (χ3n) is 5.57. The summed E-state index contributed by atoms with van der Waals surface area (Å²) in [5, 5.41) is 6.38. The highest BCUT2D eigenvalue weighted by molar-refractivity contribution is 5.91. The van der Waals surface area contributed by atoms with Gasteiger partial charge in [-0.1, -0.05) is 11.6 Å². The molecule has 4 rings (SSSR count). The standard InChI is InChI=1S/C17H23N3O4/c21-15(14-5-7-19-24-14)18-8-12-4-6-17(23-9-12)10-20(11-17)16(22)13-2-1-3-13/h5,7,12-13H,1-4,6,8-11H2,(H,18,21)/t12-/m1/s1. The van der Waals surface area contributed by atoms with Crippen molar-refractivity contribution in [3.8, 4) is 0 Å². The number of nitrogens with one attached hydrogen (secondary N) is 1. The number of ether oxygens (including phenoxy) is 1. The zero-order chi connectivity index (χ0) is 16.6. The van der Waals surface area contributed by atoms with E-state index in [0.29, 0.717) is 25.0 Å². The fourth-order valence-corrected chi connectivity index (χ4v) is 3.70. The van der Waals surface area contributed by atoms with E-state index in [4.69, 9.17) is 9.26 Å². The number of rotatable bonds is 4. The number of likely N-dealkylation sites (tertiary alicyclic amines) is 1. The van der Waals surface area contributed by atoms with E-state index in [0.717, 1.165) is 38.8 Å². The van der Waals surface area contributed by atoms with Crippen LogP contribution >= 0.6 is 0 Å². The van der Waals surface area contributed by atoms with Crippen LogP contribution in [0.3, 0.4) is 0 Å². The molecule has 1 aromatic heterocycles. The number of carbonyl (C=O) groups excluding carboxylic acids is 2. The molecule has 7 heteroatoms. The fourth-order valence-electron chi connectivity index (χ4n) is 3.70. The predicted molar refractivity (Wildman–Crippen MR) is 84.2 cm³/mol. The highest BCUT2D eigenvalue weighted by Crippen LogP contribution is 2.38. The normalized spacial score (nSPS) is 25.8. The van der Waals surface area contributed by atoms with Crippen molar-refractivity contribution in [2.45, 2.75) is 37.7 Å². The zero-order valence-corrected chi connectivity index (χ0v) is 13.7. The van der Waals surface area contributed by atoms with Gasteiger partial charge in [-0.15, -0.1) is 0 Å². The summed E-state index contributed by atoms with van der Waals surface area (Å²) in [5.74, 6) is 0.877.